The largest absolute Gasteiger partial charge is 0.481 e. The van der Waals surface area contributed by atoms with Gasteiger partial charge in [-0.3, -0.25) is 4.79 Å². The van der Waals surface area contributed by atoms with Crippen molar-refractivity contribution in [3.05, 3.63) is 96.7 Å². The van der Waals surface area contributed by atoms with Crippen molar-refractivity contribution in [2.24, 2.45) is 17.8 Å². The van der Waals surface area contributed by atoms with Gasteiger partial charge < -0.3 is 44.1 Å². The van der Waals surface area contributed by atoms with Gasteiger partial charge in [-0.15, -0.1) is 0 Å². The first-order valence-electron chi connectivity index (χ1n) is 21.3. The lowest BCUT2D eigenvalue weighted by molar-refractivity contribution is -0.175. The molecule has 0 spiro atoms. The molecule has 15 atom stereocenters. The lowest BCUT2D eigenvalue weighted by atomic mass is 9.85. The van der Waals surface area contributed by atoms with Crippen LogP contribution in [0.5, 0.6) is 0 Å². The minimum Gasteiger partial charge on any atom is -0.481 e. The van der Waals surface area contributed by atoms with Crippen LogP contribution in [-0.2, 0) is 33.3 Å². The molecule has 6 aliphatic heterocycles. The fraction of sp³-hybridized carbons (Fsp3) is 0.617. The summed E-state index contributed by atoms with van der Waals surface area (Å²) in [6.07, 6.45) is 28.3. The minimum atomic E-state index is -1.18. The fourth-order valence-electron chi connectivity index (χ4n) is 8.38. The summed E-state index contributed by atoms with van der Waals surface area (Å²) in [5.41, 5.74) is 0.945. The molecule has 11 heteroatoms. The van der Waals surface area contributed by atoms with Gasteiger partial charge in [0.1, 0.15) is 24.4 Å². The molecule has 0 radical (unpaired) electrons. The van der Waals surface area contributed by atoms with E-state index in [2.05, 4.69) is 32.1 Å². The Morgan fingerprint density at radius 1 is 0.759 bits per heavy atom. The molecule has 0 amide bonds. The number of aliphatic hydroxyl groups excluding tert-OH is 3. The lowest BCUT2D eigenvalue weighted by Crippen LogP contribution is -2.50. The van der Waals surface area contributed by atoms with Gasteiger partial charge in [0, 0.05) is 37.2 Å². The van der Waals surface area contributed by atoms with Crippen LogP contribution in [0.15, 0.2) is 96.7 Å². The van der Waals surface area contributed by atoms with E-state index in [4.69, 9.17) is 28.8 Å². The number of carbonyl (C=O) groups is 2. The first kappa shape index (κ1) is 45.7. The number of carboxylic acid groups (broad SMARTS) is 1. The Morgan fingerprint density at radius 2 is 1.53 bits per heavy atom. The van der Waals surface area contributed by atoms with E-state index in [9.17, 15) is 24.9 Å². The van der Waals surface area contributed by atoms with E-state index in [0.717, 1.165) is 31.3 Å². The second kappa shape index (κ2) is 22.8. The highest BCUT2D eigenvalue weighted by atomic mass is 16.6. The Bertz CT molecular complexity index is 1570. The molecular formula is C47H66O11. The Hall–Kier alpha value is -3.42. The van der Waals surface area contributed by atoms with Crippen molar-refractivity contribution in [3.8, 4) is 0 Å². The molecule has 7 bridgehead atoms. The Kier molecular flexibility index (Phi) is 18.0. The van der Waals surface area contributed by atoms with E-state index in [1.165, 1.54) is 6.08 Å². The van der Waals surface area contributed by atoms with E-state index in [1.807, 2.05) is 62.5 Å². The molecule has 4 N–H and O–H groups in total. The van der Waals surface area contributed by atoms with Crippen LogP contribution in [-0.4, -0.2) is 106 Å². The summed E-state index contributed by atoms with van der Waals surface area (Å²) in [6, 6.07) is 0. The zero-order chi connectivity index (χ0) is 41.6. The third-order valence-electron chi connectivity index (χ3n) is 12.0. The van der Waals surface area contributed by atoms with Gasteiger partial charge in [-0.1, -0.05) is 106 Å². The second-order valence-electron chi connectivity index (χ2n) is 16.6. The molecule has 0 aromatic carbocycles. The molecule has 6 aliphatic rings. The highest BCUT2D eigenvalue weighted by molar-refractivity contribution is 5.82. The molecule has 11 nitrogen and oxygen atoms in total. The van der Waals surface area contributed by atoms with E-state index in [0.29, 0.717) is 25.7 Å². The van der Waals surface area contributed by atoms with Gasteiger partial charge in [0.2, 0.25) is 0 Å². The van der Waals surface area contributed by atoms with Crippen LogP contribution >= 0.6 is 0 Å². The molecular weight excluding hydrogens is 741 g/mol. The third-order valence-corrected chi connectivity index (χ3v) is 12.0. The number of hydrogen-bond acceptors (Lipinski definition) is 10. The van der Waals surface area contributed by atoms with Crippen LogP contribution in [0, 0.1) is 17.8 Å². The molecule has 3 saturated heterocycles. The maximum Gasteiger partial charge on any atom is 0.331 e. The normalized spacial score (nSPS) is 41.7. The molecule has 320 valence electrons. The molecule has 0 unspecified atom stereocenters. The molecule has 58 heavy (non-hydrogen) atoms. The number of rotatable bonds is 7. The minimum absolute atomic E-state index is 0.0508. The Balaban J connectivity index is 1.29. The number of unbranched alkanes of at least 4 members (excludes halogenated alkanes) is 1. The molecule has 3 fully saturated rings. The number of ether oxygens (including phenoxy) is 5. The summed E-state index contributed by atoms with van der Waals surface area (Å²) in [5, 5.41) is 41.7. The fourth-order valence-corrected chi connectivity index (χ4v) is 8.38. The van der Waals surface area contributed by atoms with Crippen LogP contribution in [0.1, 0.15) is 91.9 Å². The molecule has 6 heterocycles. The predicted octanol–water partition coefficient (Wildman–Crippen LogP) is 6.80. The van der Waals surface area contributed by atoms with Crippen molar-refractivity contribution in [3.63, 3.8) is 0 Å². The van der Waals surface area contributed by atoms with Crippen molar-refractivity contribution in [2.45, 2.75) is 165 Å². The van der Waals surface area contributed by atoms with Gasteiger partial charge in [-0.2, -0.15) is 0 Å². The highest BCUT2D eigenvalue weighted by Gasteiger charge is 2.45. The predicted molar refractivity (Wildman–Crippen MR) is 222 cm³/mol. The van der Waals surface area contributed by atoms with Crippen molar-refractivity contribution < 1.29 is 53.7 Å². The molecule has 0 aromatic heterocycles. The van der Waals surface area contributed by atoms with Crippen LogP contribution in [0.2, 0.25) is 0 Å². The maximum absolute atomic E-state index is 13.0. The van der Waals surface area contributed by atoms with Crippen molar-refractivity contribution in [1.29, 1.82) is 0 Å². The van der Waals surface area contributed by atoms with Crippen molar-refractivity contribution in [1.82, 2.24) is 0 Å². The zero-order valence-electron chi connectivity index (χ0n) is 34.5. The SMILES string of the molecule is C/C(=C\[C@H](C)CCCCC(=O)O)[C@@H]1O[C@@H]2C=C[C@H]1OC(=O)\C=C/C=C\C=C\[C@H]1O[C@@H]3C[C@H]1O[C@@H](/C=C/C[C@H]1O[C@H](C[C@@H](O)[C@H]1C)[C@@H](O)[C@@H](O)/C=C/CC/C=C/C2)[C@@H]3C. The first-order valence-corrected chi connectivity index (χ1v) is 21.3. The van der Waals surface area contributed by atoms with Gasteiger partial charge >= 0.3 is 11.9 Å². The summed E-state index contributed by atoms with van der Waals surface area (Å²) in [7, 11) is 0. The number of hydrogen-bond donors (Lipinski definition) is 4. The summed E-state index contributed by atoms with van der Waals surface area (Å²) < 4.78 is 31.5. The zero-order valence-corrected chi connectivity index (χ0v) is 34.5. The number of aliphatic carboxylic acids is 1. The quantitative estimate of drug-likeness (QED) is 0.122. The van der Waals surface area contributed by atoms with E-state index >= 15 is 0 Å². The lowest BCUT2D eigenvalue weighted by Gasteiger charge is -2.40. The molecule has 0 saturated carbocycles. The maximum atomic E-state index is 13.0. The Labute approximate surface area is 344 Å². The summed E-state index contributed by atoms with van der Waals surface area (Å²) >= 11 is 0. The molecule has 0 aromatic rings. The van der Waals surface area contributed by atoms with E-state index in [-0.39, 0.29) is 67.2 Å². The highest BCUT2D eigenvalue weighted by Crippen LogP contribution is 2.38. The van der Waals surface area contributed by atoms with Gasteiger partial charge in [0.15, 0.2) is 6.10 Å². The van der Waals surface area contributed by atoms with E-state index in [1.54, 1.807) is 18.2 Å². The molecule has 0 aliphatic carbocycles. The van der Waals surface area contributed by atoms with Crippen molar-refractivity contribution >= 4 is 11.9 Å². The number of aliphatic hydroxyl groups is 3. The monoisotopic (exact) mass is 806 g/mol. The Morgan fingerprint density at radius 3 is 2.34 bits per heavy atom. The topological polar surface area (TPSA) is 161 Å². The van der Waals surface area contributed by atoms with E-state index < -0.39 is 48.6 Å². The van der Waals surface area contributed by atoms with Gasteiger partial charge in [-0.05, 0) is 63.0 Å². The number of carboxylic acids is 1. The summed E-state index contributed by atoms with van der Waals surface area (Å²) in [6.45, 7) is 8.15. The van der Waals surface area contributed by atoms with Crippen molar-refractivity contribution in [2.75, 3.05) is 0 Å². The van der Waals surface area contributed by atoms with Crippen LogP contribution in [0.3, 0.4) is 0 Å². The standard InChI is InChI=1S/C47H66O11/c1-30(17-14-15-23-44(50)51)27-31(2)47-40-26-25-34(54-47)18-10-6-5-7-11-19-35(48)46(53)43-28-36(49)32(3)37(56-43)21-16-22-38-33(4)41-29-42(55-38)39(57-41)20-12-8-9-13-24-45(52)58-40/h6,8-13,16,19-20,22,24-27,30,32-43,46-49,53H,5,7,14-15,17-18,21,23,28-29H2,1-4H3,(H,50,51)/b9-8-,10-6+,19-11+,20-12+,22-16+,24-13-,31-27+/t30-,32-,33+,34+,35+,36-,37-,38+,39-,40-,41-,42-,43-,46+,47+/m1/s1. The third kappa shape index (κ3) is 13.6. The van der Waals surface area contributed by atoms with Gasteiger partial charge in [-0.25, -0.2) is 4.79 Å². The van der Waals surface area contributed by atoms with Crippen LogP contribution in [0.4, 0.5) is 0 Å². The summed E-state index contributed by atoms with van der Waals surface area (Å²) in [4.78, 5) is 23.9. The smallest absolute Gasteiger partial charge is 0.331 e. The van der Waals surface area contributed by atoms with Gasteiger partial charge in [0.05, 0.1) is 42.7 Å². The number of carbonyl (C=O) groups excluding carboxylic acids is 1. The average molecular weight is 807 g/mol. The second-order valence-corrected chi connectivity index (χ2v) is 16.6. The van der Waals surface area contributed by atoms with Crippen LogP contribution < -0.4 is 0 Å². The first-order chi connectivity index (χ1) is 27.9. The van der Waals surface area contributed by atoms with Crippen LogP contribution in [0.25, 0.3) is 0 Å². The number of fused-ring (bicyclic) bond motifs is 13. The number of allylic oxidation sites excluding steroid dienone is 7. The molecule has 6 rings (SSSR count). The summed E-state index contributed by atoms with van der Waals surface area (Å²) in [5.74, 6) is -1.09. The average Bonchev–Trinajstić information content (AvgIpc) is 3.54. The van der Waals surface area contributed by atoms with Gasteiger partial charge in [0.25, 0.3) is 0 Å². The number of esters is 1.